The molecule has 6 nitrogen and oxygen atoms in total. The predicted molar refractivity (Wildman–Crippen MR) is 85.0 cm³/mol. The first-order chi connectivity index (χ1) is 10.0. The SMILES string of the molecule is CCc1nnc(SC(C)C(=O)Nc2ccccc2Cl)n1N. The number of nitrogen functional groups attached to an aromatic ring is 1. The molecule has 0 bridgehead atoms. The van der Waals surface area contributed by atoms with Crippen LogP contribution in [-0.4, -0.2) is 26.0 Å². The zero-order chi connectivity index (χ0) is 15.4. The number of nitrogens with one attached hydrogen (secondary N) is 1. The Kier molecular flexibility index (Phi) is 5.08. The monoisotopic (exact) mass is 325 g/mol. The van der Waals surface area contributed by atoms with E-state index in [1.807, 2.05) is 13.0 Å². The van der Waals surface area contributed by atoms with E-state index < -0.39 is 0 Å². The van der Waals surface area contributed by atoms with Crippen molar-refractivity contribution in [2.75, 3.05) is 11.2 Å². The van der Waals surface area contributed by atoms with E-state index in [1.54, 1.807) is 25.1 Å². The maximum atomic E-state index is 12.2. The molecule has 8 heteroatoms. The topological polar surface area (TPSA) is 85.8 Å². The van der Waals surface area contributed by atoms with Gasteiger partial charge in [-0.1, -0.05) is 42.4 Å². The van der Waals surface area contributed by atoms with Crippen LogP contribution in [0, 0.1) is 0 Å². The van der Waals surface area contributed by atoms with E-state index in [-0.39, 0.29) is 11.2 Å². The number of hydrogen-bond donors (Lipinski definition) is 2. The van der Waals surface area contributed by atoms with Crippen LogP contribution in [0.5, 0.6) is 0 Å². The number of thioether (sulfide) groups is 1. The molecule has 0 saturated carbocycles. The number of hydrogen-bond acceptors (Lipinski definition) is 5. The van der Waals surface area contributed by atoms with Gasteiger partial charge in [-0.3, -0.25) is 4.79 Å². The van der Waals surface area contributed by atoms with Gasteiger partial charge in [-0.25, -0.2) is 4.68 Å². The number of para-hydroxylation sites is 1. The largest absolute Gasteiger partial charge is 0.336 e. The van der Waals surface area contributed by atoms with Crippen LogP contribution in [0.3, 0.4) is 0 Å². The van der Waals surface area contributed by atoms with Crippen molar-refractivity contribution in [1.82, 2.24) is 14.9 Å². The Morgan fingerprint density at radius 2 is 2.19 bits per heavy atom. The lowest BCUT2D eigenvalue weighted by Gasteiger charge is -2.12. The van der Waals surface area contributed by atoms with E-state index in [2.05, 4.69) is 15.5 Å². The van der Waals surface area contributed by atoms with Gasteiger partial charge in [0, 0.05) is 6.42 Å². The summed E-state index contributed by atoms with van der Waals surface area (Å²) in [4.78, 5) is 12.2. The Morgan fingerprint density at radius 1 is 1.48 bits per heavy atom. The maximum Gasteiger partial charge on any atom is 0.237 e. The second-order valence-electron chi connectivity index (χ2n) is 4.35. The second kappa shape index (κ2) is 6.82. The molecule has 1 aromatic carbocycles. The van der Waals surface area contributed by atoms with E-state index in [4.69, 9.17) is 17.4 Å². The highest BCUT2D eigenvalue weighted by Gasteiger charge is 2.19. The van der Waals surface area contributed by atoms with Crippen molar-refractivity contribution in [3.8, 4) is 0 Å². The number of carbonyl (C=O) groups excluding carboxylic acids is 1. The maximum absolute atomic E-state index is 12.2. The van der Waals surface area contributed by atoms with Crippen molar-refractivity contribution in [3.05, 3.63) is 35.1 Å². The molecule has 0 radical (unpaired) electrons. The molecule has 1 aromatic heterocycles. The second-order valence-corrected chi connectivity index (χ2v) is 6.07. The summed E-state index contributed by atoms with van der Waals surface area (Å²) in [7, 11) is 0. The molecular weight excluding hydrogens is 310 g/mol. The smallest absolute Gasteiger partial charge is 0.237 e. The summed E-state index contributed by atoms with van der Waals surface area (Å²) in [5.41, 5.74) is 0.583. The minimum atomic E-state index is -0.377. The molecule has 0 aliphatic carbocycles. The standard InChI is InChI=1S/C13H16ClN5OS/c1-3-11-17-18-13(19(11)15)21-8(2)12(20)16-10-7-5-4-6-9(10)14/h4-8H,3,15H2,1-2H3,(H,16,20). The summed E-state index contributed by atoms with van der Waals surface area (Å²) >= 11 is 7.26. The van der Waals surface area contributed by atoms with E-state index in [9.17, 15) is 4.79 Å². The van der Waals surface area contributed by atoms with Crippen molar-refractivity contribution < 1.29 is 4.79 Å². The lowest BCUT2D eigenvalue weighted by Crippen LogP contribution is -2.24. The van der Waals surface area contributed by atoms with Gasteiger partial charge >= 0.3 is 0 Å². The molecule has 0 fully saturated rings. The fourth-order valence-electron chi connectivity index (χ4n) is 1.64. The fraction of sp³-hybridized carbons (Fsp3) is 0.308. The van der Waals surface area contributed by atoms with Gasteiger partial charge in [0.05, 0.1) is 16.0 Å². The Hall–Kier alpha value is -1.73. The van der Waals surface area contributed by atoms with Crippen LogP contribution in [-0.2, 0) is 11.2 Å². The number of benzene rings is 1. The highest BCUT2D eigenvalue weighted by molar-refractivity contribution is 8.00. The highest BCUT2D eigenvalue weighted by atomic mass is 35.5. The number of aryl methyl sites for hydroxylation is 1. The number of halogens is 1. The molecule has 2 aromatic rings. The third-order valence-corrected chi connectivity index (χ3v) is 4.22. The summed E-state index contributed by atoms with van der Waals surface area (Å²) < 4.78 is 1.41. The van der Waals surface area contributed by atoms with E-state index in [1.165, 1.54) is 16.4 Å². The summed E-state index contributed by atoms with van der Waals surface area (Å²) in [6.07, 6.45) is 0.685. The first-order valence-corrected chi connectivity index (χ1v) is 7.70. The van der Waals surface area contributed by atoms with Crippen molar-refractivity contribution in [2.45, 2.75) is 30.7 Å². The zero-order valence-electron chi connectivity index (χ0n) is 11.7. The number of anilines is 1. The van der Waals surface area contributed by atoms with Gasteiger partial charge in [0.25, 0.3) is 0 Å². The number of carbonyl (C=O) groups is 1. The van der Waals surface area contributed by atoms with Crippen molar-refractivity contribution in [3.63, 3.8) is 0 Å². The Labute approximate surface area is 132 Å². The van der Waals surface area contributed by atoms with Gasteiger partial charge < -0.3 is 11.2 Å². The summed E-state index contributed by atoms with van der Waals surface area (Å²) in [5.74, 6) is 6.36. The lowest BCUT2D eigenvalue weighted by molar-refractivity contribution is -0.115. The molecule has 1 amide bonds. The molecule has 0 aliphatic rings. The third-order valence-electron chi connectivity index (χ3n) is 2.83. The van der Waals surface area contributed by atoms with Crippen LogP contribution < -0.4 is 11.2 Å². The highest BCUT2D eigenvalue weighted by Crippen LogP contribution is 2.24. The van der Waals surface area contributed by atoms with Crippen LogP contribution in [0.4, 0.5) is 5.69 Å². The van der Waals surface area contributed by atoms with E-state index in [0.29, 0.717) is 28.1 Å². The first kappa shape index (κ1) is 15.7. The van der Waals surface area contributed by atoms with Gasteiger partial charge in [0.15, 0.2) is 5.82 Å². The fourth-order valence-corrected chi connectivity index (χ4v) is 2.61. The molecule has 2 rings (SSSR count). The number of rotatable bonds is 5. The van der Waals surface area contributed by atoms with Crippen LogP contribution >= 0.6 is 23.4 Å². The normalized spacial score (nSPS) is 12.1. The molecule has 21 heavy (non-hydrogen) atoms. The number of aromatic nitrogens is 3. The quantitative estimate of drug-likeness (QED) is 0.651. The molecule has 1 heterocycles. The molecule has 0 aliphatic heterocycles. The number of nitrogens with zero attached hydrogens (tertiary/aromatic N) is 3. The van der Waals surface area contributed by atoms with Crippen molar-refractivity contribution in [2.24, 2.45) is 0 Å². The molecule has 0 spiro atoms. The third kappa shape index (κ3) is 3.68. The van der Waals surface area contributed by atoms with Crippen LogP contribution in [0.2, 0.25) is 5.02 Å². The Morgan fingerprint density at radius 3 is 2.81 bits per heavy atom. The molecule has 1 atom stereocenters. The van der Waals surface area contributed by atoms with Gasteiger partial charge in [-0.05, 0) is 19.1 Å². The van der Waals surface area contributed by atoms with E-state index >= 15 is 0 Å². The van der Waals surface area contributed by atoms with Crippen LogP contribution in [0.25, 0.3) is 0 Å². The summed E-state index contributed by atoms with van der Waals surface area (Å²) in [6.45, 7) is 3.71. The zero-order valence-corrected chi connectivity index (χ0v) is 13.3. The summed E-state index contributed by atoms with van der Waals surface area (Å²) in [6, 6.07) is 7.08. The van der Waals surface area contributed by atoms with Crippen LogP contribution in [0.1, 0.15) is 19.7 Å². The van der Waals surface area contributed by atoms with E-state index in [0.717, 1.165) is 0 Å². The molecule has 0 saturated heterocycles. The minimum Gasteiger partial charge on any atom is -0.336 e. The first-order valence-electron chi connectivity index (χ1n) is 6.44. The Bertz CT molecular complexity index is 645. The summed E-state index contributed by atoms with van der Waals surface area (Å²) in [5, 5.41) is 11.3. The average molecular weight is 326 g/mol. The number of amides is 1. The predicted octanol–water partition coefficient (Wildman–Crippen LogP) is 2.33. The molecular formula is C13H16ClN5OS. The van der Waals surface area contributed by atoms with Gasteiger partial charge in [-0.2, -0.15) is 0 Å². The van der Waals surface area contributed by atoms with Crippen molar-refractivity contribution in [1.29, 1.82) is 0 Å². The van der Waals surface area contributed by atoms with Crippen molar-refractivity contribution >= 4 is 35.0 Å². The lowest BCUT2D eigenvalue weighted by atomic mass is 10.3. The Balaban J connectivity index is 2.03. The van der Waals surface area contributed by atoms with Crippen LogP contribution in [0.15, 0.2) is 29.4 Å². The van der Waals surface area contributed by atoms with Gasteiger partial charge in [0.1, 0.15) is 0 Å². The minimum absolute atomic E-state index is 0.172. The van der Waals surface area contributed by atoms with Gasteiger partial charge in [-0.15, -0.1) is 10.2 Å². The average Bonchev–Trinajstić information content (AvgIpc) is 2.82. The van der Waals surface area contributed by atoms with Gasteiger partial charge in [0.2, 0.25) is 11.1 Å². The number of nitrogens with two attached hydrogens (primary N) is 1. The molecule has 1 unspecified atom stereocenters. The molecule has 112 valence electrons. The molecule has 3 N–H and O–H groups in total.